The molecule has 19 nitrogen and oxygen atoms in total. The molecular weight excluding hydrogens is 1190 g/mol. The molecule has 0 aromatic carbocycles. The van der Waals surface area contributed by atoms with Crippen molar-refractivity contribution in [2.75, 3.05) is 85.6 Å². The van der Waals surface area contributed by atoms with E-state index in [9.17, 15) is 38.4 Å². The molecule has 0 heterocycles. The molecule has 0 aromatic heterocycles. The van der Waals surface area contributed by atoms with Crippen molar-refractivity contribution < 1.29 is 57.3 Å². The molecule has 0 radical (unpaired) electrons. The van der Waals surface area contributed by atoms with Crippen LogP contribution in [0.5, 0.6) is 0 Å². The number of rotatable bonds is 68. The van der Waals surface area contributed by atoms with Gasteiger partial charge in [0.05, 0.1) is 0 Å². The quantitative estimate of drug-likeness (QED) is 0.0252. The normalized spacial score (nSPS) is 12.7. The summed E-state index contributed by atoms with van der Waals surface area (Å²) in [6.45, 7) is 17.3. The molecule has 0 saturated carbocycles. The fourth-order valence-electron chi connectivity index (χ4n) is 11.9. The minimum absolute atomic E-state index is 0.0434. The molecule has 550 valence electrons. The molecule has 0 spiro atoms. The van der Waals surface area contributed by atoms with Gasteiger partial charge in [-0.15, -0.1) is 0 Å². The summed E-state index contributed by atoms with van der Waals surface area (Å²) in [6.07, 6.45) is 42.5. The van der Waals surface area contributed by atoms with Crippen LogP contribution in [0.4, 0.5) is 0 Å². The van der Waals surface area contributed by atoms with Crippen molar-refractivity contribution in [3.8, 4) is 0 Å². The lowest BCUT2D eigenvalue weighted by atomic mass is 10.1. The highest BCUT2D eigenvalue weighted by Gasteiger charge is 2.32. The van der Waals surface area contributed by atoms with Crippen molar-refractivity contribution >= 4 is 47.5 Å². The minimum Gasteiger partial charge on any atom is -0.451 e. The highest BCUT2D eigenvalue weighted by Crippen LogP contribution is 2.16. The SMILES string of the molecule is CCCCCCCCCCCCNC(=O)C(CN(CCCN(C)CCCN(CC(OC(C)=O)C(=O)NCCCCCCCCCCCC)CC(OC(C)=O)C(=O)NCCCCCCCCCCCC)CC(OC(C)=O)C(=O)NCCCCCCCCCCCC)OC(C)=O. The van der Waals surface area contributed by atoms with Crippen LogP contribution in [-0.2, 0) is 57.3 Å². The number of hydrogen-bond acceptors (Lipinski definition) is 15. The molecular formula is C75H143N7O12. The average molecular weight is 1340 g/mol. The van der Waals surface area contributed by atoms with E-state index in [0.717, 1.165) is 103 Å². The zero-order valence-electron chi connectivity index (χ0n) is 61.7. The van der Waals surface area contributed by atoms with E-state index in [-0.39, 0.29) is 26.2 Å². The number of ether oxygens (including phenoxy) is 4. The van der Waals surface area contributed by atoms with E-state index in [1.54, 1.807) is 0 Å². The lowest BCUT2D eigenvalue weighted by Crippen LogP contribution is -2.51. The molecule has 0 bridgehead atoms. The zero-order valence-corrected chi connectivity index (χ0v) is 61.7. The van der Waals surface area contributed by atoms with Crippen molar-refractivity contribution in [1.82, 2.24) is 36.0 Å². The number of carbonyl (C=O) groups is 8. The Morgan fingerprint density at radius 3 is 0.596 bits per heavy atom. The van der Waals surface area contributed by atoms with Crippen LogP contribution in [0.15, 0.2) is 0 Å². The second-order valence-corrected chi connectivity index (χ2v) is 26.8. The van der Waals surface area contributed by atoms with Gasteiger partial charge < -0.3 is 45.1 Å². The first-order valence-electron chi connectivity index (χ1n) is 38.4. The standard InChI is InChI=1S/C75H143N7O12/c1-10-14-18-22-26-30-34-38-42-46-52-76-72(87)68(91-64(5)83)60-81(61-69(92-65(6)84)73(88)77-53-47-43-39-35-31-27-23-19-15-11-2)58-50-56-80(9)57-51-59-82(62-70(93-66(7)85)74(89)78-54-48-44-40-36-32-28-24-20-16-12-3)63-71(94-67(8)86)75(90)79-55-49-45-41-37-33-29-25-21-17-13-4/h68-71H,10-63H2,1-9H3,(H,76,87)(H,77,88)(H,78,89)(H,79,90). The van der Waals surface area contributed by atoms with Gasteiger partial charge in [-0.2, -0.15) is 0 Å². The molecule has 94 heavy (non-hydrogen) atoms. The Morgan fingerprint density at radius 1 is 0.255 bits per heavy atom. The topological polar surface area (TPSA) is 231 Å². The third-order valence-corrected chi connectivity index (χ3v) is 17.4. The van der Waals surface area contributed by atoms with Gasteiger partial charge in [0, 0.05) is 80.1 Å². The lowest BCUT2D eigenvalue weighted by molar-refractivity contribution is -0.158. The van der Waals surface area contributed by atoms with Crippen LogP contribution in [0.1, 0.15) is 325 Å². The molecule has 4 N–H and O–H groups in total. The summed E-state index contributed by atoms with van der Waals surface area (Å²) in [7, 11) is 1.96. The highest BCUT2D eigenvalue weighted by atomic mass is 16.6. The molecule has 0 saturated heterocycles. The number of unbranched alkanes of at least 4 members (excludes halogenated alkanes) is 36. The van der Waals surface area contributed by atoms with Crippen LogP contribution in [0.25, 0.3) is 0 Å². The first-order valence-corrected chi connectivity index (χ1v) is 38.4. The van der Waals surface area contributed by atoms with Crippen LogP contribution in [0, 0.1) is 0 Å². The first-order chi connectivity index (χ1) is 45.5. The minimum atomic E-state index is -1.19. The summed E-state index contributed by atoms with van der Waals surface area (Å²) in [5.41, 5.74) is 0. The molecule has 4 unspecified atom stereocenters. The third kappa shape index (κ3) is 56.8. The van der Waals surface area contributed by atoms with Crippen molar-refractivity contribution in [3.63, 3.8) is 0 Å². The van der Waals surface area contributed by atoms with E-state index >= 15 is 0 Å². The smallest absolute Gasteiger partial charge is 0.303 e. The lowest BCUT2D eigenvalue weighted by Gasteiger charge is -2.31. The molecule has 0 fully saturated rings. The summed E-state index contributed by atoms with van der Waals surface area (Å²) in [4.78, 5) is 111. The van der Waals surface area contributed by atoms with E-state index in [0.29, 0.717) is 65.2 Å². The van der Waals surface area contributed by atoms with Crippen LogP contribution >= 0.6 is 0 Å². The average Bonchev–Trinajstić information content (AvgIpc) is 1.24. The molecule has 0 aliphatic heterocycles. The molecule has 19 heteroatoms. The Labute approximate surface area is 573 Å². The molecule has 0 rings (SSSR count). The maximum absolute atomic E-state index is 13.8. The monoisotopic (exact) mass is 1330 g/mol. The van der Waals surface area contributed by atoms with E-state index < -0.39 is 71.9 Å². The fourth-order valence-corrected chi connectivity index (χ4v) is 11.9. The van der Waals surface area contributed by atoms with E-state index in [1.165, 1.54) is 182 Å². The zero-order chi connectivity index (χ0) is 69.5. The predicted octanol–water partition coefficient (Wildman–Crippen LogP) is 14.2. The number of nitrogens with one attached hydrogen (secondary N) is 4. The predicted molar refractivity (Wildman–Crippen MR) is 381 cm³/mol. The molecule has 4 amide bonds. The van der Waals surface area contributed by atoms with Gasteiger partial charge in [-0.25, -0.2) is 0 Å². The van der Waals surface area contributed by atoms with Crippen LogP contribution in [0.2, 0.25) is 0 Å². The van der Waals surface area contributed by atoms with Gasteiger partial charge in [0.15, 0.2) is 24.4 Å². The number of esters is 4. The summed E-state index contributed by atoms with van der Waals surface area (Å²) in [5.74, 6) is -4.21. The number of nitrogens with zero attached hydrogens (tertiary/aromatic N) is 3. The largest absolute Gasteiger partial charge is 0.451 e. The summed E-state index contributed by atoms with van der Waals surface area (Å²) < 4.78 is 22.7. The van der Waals surface area contributed by atoms with Gasteiger partial charge >= 0.3 is 23.9 Å². The van der Waals surface area contributed by atoms with Gasteiger partial charge in [-0.3, -0.25) is 48.2 Å². The van der Waals surface area contributed by atoms with Gasteiger partial charge in [-0.1, -0.05) is 259 Å². The number of carbonyl (C=O) groups excluding carboxylic acids is 8. The Bertz CT molecular complexity index is 1650. The first kappa shape index (κ1) is 89.6. The van der Waals surface area contributed by atoms with E-state index in [4.69, 9.17) is 18.9 Å². The Morgan fingerprint density at radius 2 is 0.426 bits per heavy atom. The molecule has 4 atom stereocenters. The summed E-state index contributed by atoms with van der Waals surface area (Å²) in [5, 5.41) is 11.9. The highest BCUT2D eigenvalue weighted by molar-refractivity contribution is 5.85. The van der Waals surface area contributed by atoms with Gasteiger partial charge in [0.25, 0.3) is 23.6 Å². The number of hydrogen-bond donors (Lipinski definition) is 4. The van der Waals surface area contributed by atoms with Gasteiger partial charge in [0.1, 0.15) is 0 Å². The molecule has 0 aliphatic carbocycles. The van der Waals surface area contributed by atoms with Crippen molar-refractivity contribution in [2.24, 2.45) is 0 Å². The molecule has 0 aromatic rings. The van der Waals surface area contributed by atoms with Crippen LogP contribution in [-0.4, -0.2) is 172 Å². The Hall–Kier alpha value is -4.36. The maximum atomic E-state index is 13.8. The van der Waals surface area contributed by atoms with Gasteiger partial charge in [0.2, 0.25) is 0 Å². The van der Waals surface area contributed by atoms with Crippen molar-refractivity contribution in [2.45, 2.75) is 349 Å². The number of amides is 4. The second-order valence-electron chi connectivity index (χ2n) is 26.8. The second kappa shape index (κ2) is 64.6. The fraction of sp³-hybridized carbons (Fsp3) is 0.893. The van der Waals surface area contributed by atoms with E-state index in [1.807, 2.05) is 16.8 Å². The molecule has 0 aliphatic rings. The Kier molecular flexibility index (Phi) is 61.6. The van der Waals surface area contributed by atoms with Crippen molar-refractivity contribution in [3.05, 3.63) is 0 Å². The van der Waals surface area contributed by atoms with Crippen LogP contribution in [0.3, 0.4) is 0 Å². The maximum Gasteiger partial charge on any atom is 0.303 e. The van der Waals surface area contributed by atoms with E-state index in [2.05, 4.69) is 53.9 Å². The van der Waals surface area contributed by atoms with Crippen LogP contribution < -0.4 is 21.3 Å². The Balaban J connectivity index is 6.39. The summed E-state index contributed by atoms with van der Waals surface area (Å²) >= 11 is 0. The van der Waals surface area contributed by atoms with Crippen molar-refractivity contribution in [1.29, 1.82) is 0 Å². The third-order valence-electron chi connectivity index (χ3n) is 17.4. The van der Waals surface area contributed by atoms with Gasteiger partial charge in [-0.05, 0) is 71.8 Å². The summed E-state index contributed by atoms with van der Waals surface area (Å²) in [6, 6.07) is 0.